The Bertz CT molecular complexity index is 926. The minimum Gasteiger partial charge on any atom is -0.436 e. The van der Waals surface area contributed by atoms with E-state index >= 15 is 0 Å². The summed E-state index contributed by atoms with van der Waals surface area (Å²) in [5.74, 6) is 0.353. The van der Waals surface area contributed by atoms with Crippen molar-refractivity contribution in [1.29, 1.82) is 0 Å². The lowest BCUT2D eigenvalue weighted by molar-refractivity contribution is -0.114. The van der Waals surface area contributed by atoms with Crippen LogP contribution in [0.5, 0.6) is 0 Å². The van der Waals surface area contributed by atoms with Gasteiger partial charge < -0.3 is 15.4 Å². The van der Waals surface area contributed by atoms with Crippen LogP contribution in [0.2, 0.25) is 0 Å². The Kier molecular flexibility index (Phi) is 10.1. The van der Waals surface area contributed by atoms with Crippen LogP contribution in [0.3, 0.4) is 0 Å². The molecule has 2 N–H and O–H groups in total. The van der Waals surface area contributed by atoms with Crippen LogP contribution in [0, 0.1) is 5.92 Å². The molecule has 1 aliphatic rings. The molecular formula is C29H36N2O3. The number of allylic oxidation sites excluding steroid dienone is 3. The van der Waals surface area contributed by atoms with Gasteiger partial charge in [-0.15, -0.1) is 0 Å². The number of alkyl carbamates (subject to hydrolysis) is 1. The zero-order valence-electron chi connectivity index (χ0n) is 20.2. The smallest absolute Gasteiger partial charge is 0.408 e. The molecule has 3 rings (SSSR count). The number of hydrogen-bond donors (Lipinski definition) is 2. The van der Waals surface area contributed by atoms with Crippen LogP contribution in [0.1, 0.15) is 56.8 Å². The molecule has 1 amide bonds. The molecule has 0 aromatic heterocycles. The standard InChI is InChI=1S/C29H36N2O3/c1-3-22(4-2)26(20-30-21-27(32)23-14-8-5-9-15-23)31-29(33)34-28(24-16-10-6-11-17-24)25-18-12-7-13-19-25/h6-8,10-19,22,26,28,30H,3-5,9,20-21H2,1-2H3,(H,31,33)/t26-/m0/s1. The largest absolute Gasteiger partial charge is 0.436 e. The molecule has 5 nitrogen and oxygen atoms in total. The molecule has 0 unspecified atom stereocenters. The molecule has 1 atom stereocenters. The third-order valence-electron chi connectivity index (χ3n) is 6.32. The molecular weight excluding hydrogens is 424 g/mol. The van der Waals surface area contributed by atoms with Gasteiger partial charge in [-0.2, -0.15) is 0 Å². The van der Waals surface area contributed by atoms with Crippen molar-refractivity contribution in [2.75, 3.05) is 13.1 Å². The van der Waals surface area contributed by atoms with Crippen molar-refractivity contribution in [1.82, 2.24) is 10.6 Å². The predicted octanol–water partition coefficient (Wildman–Crippen LogP) is 5.74. The quantitative estimate of drug-likeness (QED) is 0.424. The lowest BCUT2D eigenvalue weighted by Crippen LogP contribution is -2.47. The summed E-state index contributed by atoms with van der Waals surface area (Å²) in [5.41, 5.74) is 2.60. The van der Waals surface area contributed by atoms with Crippen molar-refractivity contribution in [2.24, 2.45) is 5.92 Å². The molecule has 0 saturated carbocycles. The van der Waals surface area contributed by atoms with Crippen LogP contribution in [0.4, 0.5) is 4.79 Å². The molecule has 180 valence electrons. The van der Waals surface area contributed by atoms with Gasteiger partial charge in [-0.3, -0.25) is 4.79 Å². The maximum atomic E-state index is 13.0. The molecule has 0 aliphatic heterocycles. The monoisotopic (exact) mass is 460 g/mol. The maximum absolute atomic E-state index is 13.0. The van der Waals surface area contributed by atoms with Crippen molar-refractivity contribution < 1.29 is 14.3 Å². The fraction of sp³-hybridized carbons (Fsp3) is 0.379. The number of benzene rings is 2. The van der Waals surface area contributed by atoms with Gasteiger partial charge in [0, 0.05) is 18.2 Å². The summed E-state index contributed by atoms with van der Waals surface area (Å²) < 4.78 is 5.95. The van der Waals surface area contributed by atoms with E-state index in [0.29, 0.717) is 6.54 Å². The summed E-state index contributed by atoms with van der Waals surface area (Å²) in [6.45, 7) is 4.99. The second-order valence-electron chi connectivity index (χ2n) is 8.63. The average molecular weight is 461 g/mol. The molecule has 0 radical (unpaired) electrons. The first-order valence-electron chi connectivity index (χ1n) is 12.3. The number of rotatable bonds is 12. The first-order valence-corrected chi connectivity index (χ1v) is 12.3. The lowest BCUT2D eigenvalue weighted by Gasteiger charge is -2.28. The first kappa shape index (κ1) is 25.4. The van der Waals surface area contributed by atoms with Gasteiger partial charge in [-0.1, -0.05) is 106 Å². The Morgan fingerprint density at radius 3 is 2.06 bits per heavy atom. The SMILES string of the molecule is CCC(CC)[C@H](CNCC(=O)C1=CCCC=C1)NC(=O)OC(c1ccccc1)c1ccccc1. The Hall–Kier alpha value is -3.18. The van der Waals surface area contributed by atoms with Gasteiger partial charge in [0.25, 0.3) is 0 Å². The molecule has 5 heteroatoms. The highest BCUT2D eigenvalue weighted by Gasteiger charge is 2.25. The summed E-state index contributed by atoms with van der Waals surface area (Å²) in [7, 11) is 0. The topological polar surface area (TPSA) is 67.4 Å². The summed E-state index contributed by atoms with van der Waals surface area (Å²) in [6, 6.07) is 19.4. The number of ketones is 1. The van der Waals surface area contributed by atoms with Crippen molar-refractivity contribution >= 4 is 11.9 Å². The number of carbonyl (C=O) groups is 2. The predicted molar refractivity (Wildman–Crippen MR) is 137 cm³/mol. The van der Waals surface area contributed by atoms with Gasteiger partial charge in [0.1, 0.15) is 0 Å². The summed E-state index contributed by atoms with van der Waals surface area (Å²) in [4.78, 5) is 25.5. The highest BCUT2D eigenvalue weighted by molar-refractivity contribution is 5.99. The number of hydrogen-bond acceptors (Lipinski definition) is 4. The minimum absolute atomic E-state index is 0.0787. The van der Waals surface area contributed by atoms with E-state index in [1.54, 1.807) is 0 Å². The fourth-order valence-corrected chi connectivity index (χ4v) is 4.33. The Labute approximate surface area is 203 Å². The van der Waals surface area contributed by atoms with E-state index in [1.807, 2.05) is 78.9 Å². The summed E-state index contributed by atoms with van der Waals surface area (Å²) >= 11 is 0. The van der Waals surface area contributed by atoms with Crippen LogP contribution in [0.15, 0.2) is 84.5 Å². The normalized spacial score (nSPS) is 14.1. The van der Waals surface area contributed by atoms with E-state index in [2.05, 4.69) is 24.5 Å². The molecule has 2 aromatic rings. The number of Topliss-reactive ketones (excluding diaryl/α,β-unsaturated/α-hetero) is 1. The average Bonchev–Trinajstić information content (AvgIpc) is 2.89. The van der Waals surface area contributed by atoms with E-state index < -0.39 is 12.2 Å². The van der Waals surface area contributed by atoms with E-state index in [1.165, 1.54) is 0 Å². The van der Waals surface area contributed by atoms with Crippen molar-refractivity contribution in [3.63, 3.8) is 0 Å². The molecule has 0 bridgehead atoms. The van der Waals surface area contributed by atoms with Crippen LogP contribution in [-0.2, 0) is 9.53 Å². The number of ether oxygens (including phenoxy) is 1. The van der Waals surface area contributed by atoms with E-state index in [4.69, 9.17) is 4.74 Å². The molecule has 0 fully saturated rings. The van der Waals surface area contributed by atoms with Crippen LogP contribution in [-0.4, -0.2) is 31.0 Å². The Morgan fingerprint density at radius 2 is 1.53 bits per heavy atom. The zero-order chi connectivity index (χ0) is 24.2. The van der Waals surface area contributed by atoms with E-state index in [9.17, 15) is 9.59 Å². The Balaban J connectivity index is 1.65. The van der Waals surface area contributed by atoms with Crippen molar-refractivity contribution in [3.8, 4) is 0 Å². The van der Waals surface area contributed by atoms with Crippen LogP contribution >= 0.6 is 0 Å². The molecule has 1 aliphatic carbocycles. The maximum Gasteiger partial charge on any atom is 0.408 e. The molecule has 0 heterocycles. The highest BCUT2D eigenvalue weighted by atomic mass is 16.6. The van der Waals surface area contributed by atoms with E-state index in [0.717, 1.165) is 42.4 Å². The third kappa shape index (κ3) is 7.42. The molecule has 34 heavy (non-hydrogen) atoms. The molecule has 2 aromatic carbocycles. The first-order chi connectivity index (χ1) is 16.6. The highest BCUT2D eigenvalue weighted by Crippen LogP contribution is 2.26. The third-order valence-corrected chi connectivity index (χ3v) is 6.32. The lowest BCUT2D eigenvalue weighted by atomic mass is 9.94. The van der Waals surface area contributed by atoms with Gasteiger partial charge in [0.05, 0.1) is 6.54 Å². The minimum atomic E-state index is -0.496. The van der Waals surface area contributed by atoms with Crippen molar-refractivity contribution in [2.45, 2.75) is 51.7 Å². The molecule has 0 spiro atoms. The zero-order valence-corrected chi connectivity index (χ0v) is 20.2. The van der Waals surface area contributed by atoms with Gasteiger partial charge in [0.2, 0.25) is 0 Å². The van der Waals surface area contributed by atoms with Crippen molar-refractivity contribution in [3.05, 3.63) is 95.6 Å². The number of nitrogens with one attached hydrogen (secondary N) is 2. The summed E-state index contributed by atoms with van der Waals surface area (Å²) in [5, 5.41) is 6.34. The van der Waals surface area contributed by atoms with Crippen LogP contribution < -0.4 is 10.6 Å². The van der Waals surface area contributed by atoms with Gasteiger partial charge >= 0.3 is 6.09 Å². The fourth-order valence-electron chi connectivity index (χ4n) is 4.33. The Morgan fingerprint density at radius 1 is 0.912 bits per heavy atom. The van der Waals surface area contributed by atoms with E-state index in [-0.39, 0.29) is 24.3 Å². The molecule has 0 saturated heterocycles. The van der Waals surface area contributed by atoms with Gasteiger partial charge in [-0.25, -0.2) is 4.79 Å². The number of amides is 1. The van der Waals surface area contributed by atoms with Gasteiger partial charge in [0.15, 0.2) is 11.9 Å². The number of carbonyl (C=O) groups excluding carboxylic acids is 2. The van der Waals surface area contributed by atoms with Crippen LogP contribution in [0.25, 0.3) is 0 Å². The second-order valence-corrected chi connectivity index (χ2v) is 8.63. The summed E-state index contributed by atoms with van der Waals surface area (Å²) in [6.07, 6.45) is 8.71. The second kappa shape index (κ2) is 13.5. The van der Waals surface area contributed by atoms with Gasteiger partial charge in [-0.05, 0) is 29.9 Å².